The van der Waals surface area contributed by atoms with Crippen LogP contribution in [0.1, 0.15) is 46.0 Å². The summed E-state index contributed by atoms with van der Waals surface area (Å²) < 4.78 is 0. The van der Waals surface area contributed by atoms with Gasteiger partial charge in [-0.15, -0.1) is 0 Å². The van der Waals surface area contributed by atoms with Crippen molar-refractivity contribution >= 4 is 11.8 Å². The third kappa shape index (κ3) is 2.68. The molecule has 2 saturated heterocycles. The predicted molar refractivity (Wildman–Crippen MR) is 80.7 cm³/mol. The molecular formula is C16H27N3O2. The van der Waals surface area contributed by atoms with Gasteiger partial charge in [-0.25, -0.2) is 0 Å². The number of nitrogens with zero attached hydrogens (tertiary/aromatic N) is 2. The number of rotatable bonds is 3. The van der Waals surface area contributed by atoms with Crippen molar-refractivity contribution in [2.24, 2.45) is 5.92 Å². The van der Waals surface area contributed by atoms with E-state index in [1.165, 1.54) is 0 Å². The number of hydrogen-bond donors (Lipinski definition) is 1. The van der Waals surface area contributed by atoms with Crippen molar-refractivity contribution in [3.05, 3.63) is 0 Å². The maximum atomic E-state index is 12.9. The highest BCUT2D eigenvalue weighted by Crippen LogP contribution is 2.36. The fraction of sp³-hybridized carbons (Fsp3) is 0.875. The van der Waals surface area contributed by atoms with Crippen LogP contribution in [0.4, 0.5) is 0 Å². The Morgan fingerprint density at radius 1 is 1.24 bits per heavy atom. The number of carbonyl (C=O) groups excluding carboxylic acids is 2. The lowest BCUT2D eigenvalue weighted by Crippen LogP contribution is -2.67. The summed E-state index contributed by atoms with van der Waals surface area (Å²) in [6.45, 7) is 5.21. The molecule has 5 nitrogen and oxygen atoms in total. The summed E-state index contributed by atoms with van der Waals surface area (Å²) >= 11 is 0. The molecule has 118 valence electrons. The first-order valence-electron chi connectivity index (χ1n) is 8.35. The van der Waals surface area contributed by atoms with Crippen LogP contribution in [0, 0.1) is 5.92 Å². The molecule has 1 saturated carbocycles. The van der Waals surface area contributed by atoms with Gasteiger partial charge in [0, 0.05) is 18.6 Å². The van der Waals surface area contributed by atoms with Gasteiger partial charge in [0.25, 0.3) is 0 Å². The Bertz CT molecular complexity index is 435. The molecule has 2 aliphatic heterocycles. The van der Waals surface area contributed by atoms with E-state index in [4.69, 9.17) is 0 Å². The zero-order chi connectivity index (χ0) is 15.1. The minimum absolute atomic E-state index is 0.0561. The molecule has 0 radical (unpaired) electrons. The van der Waals surface area contributed by atoms with E-state index in [0.29, 0.717) is 18.4 Å². The molecule has 5 heteroatoms. The van der Waals surface area contributed by atoms with E-state index in [2.05, 4.69) is 24.2 Å². The van der Waals surface area contributed by atoms with E-state index in [9.17, 15) is 9.59 Å². The first-order chi connectivity index (χ1) is 10.0. The molecule has 0 aromatic carbocycles. The Morgan fingerprint density at radius 2 is 1.95 bits per heavy atom. The van der Waals surface area contributed by atoms with Crippen molar-refractivity contribution in [2.75, 3.05) is 13.6 Å². The average molecular weight is 293 g/mol. The number of hydrogen-bond acceptors (Lipinski definition) is 3. The molecule has 21 heavy (non-hydrogen) atoms. The van der Waals surface area contributed by atoms with E-state index in [1.54, 1.807) is 0 Å². The number of amides is 2. The second kappa shape index (κ2) is 5.59. The monoisotopic (exact) mass is 293 g/mol. The Morgan fingerprint density at radius 3 is 2.52 bits per heavy atom. The van der Waals surface area contributed by atoms with Crippen molar-refractivity contribution in [1.29, 1.82) is 0 Å². The fourth-order valence-corrected chi connectivity index (χ4v) is 3.83. The van der Waals surface area contributed by atoms with Crippen LogP contribution in [0.15, 0.2) is 0 Å². The van der Waals surface area contributed by atoms with Crippen LogP contribution in [0.2, 0.25) is 0 Å². The lowest BCUT2D eigenvalue weighted by molar-refractivity contribution is -0.154. The molecule has 0 aromatic heterocycles. The van der Waals surface area contributed by atoms with Gasteiger partial charge in [0.15, 0.2) is 0 Å². The van der Waals surface area contributed by atoms with Gasteiger partial charge in [-0.2, -0.15) is 0 Å². The topological polar surface area (TPSA) is 52.7 Å². The molecule has 2 heterocycles. The average Bonchev–Trinajstić information content (AvgIpc) is 3.28. The summed E-state index contributed by atoms with van der Waals surface area (Å²) in [5, 5.41) is 2.98. The van der Waals surface area contributed by atoms with Gasteiger partial charge in [-0.1, -0.05) is 6.92 Å². The second-order valence-corrected chi connectivity index (χ2v) is 7.00. The largest absolute Gasteiger partial charge is 0.342 e. The quantitative estimate of drug-likeness (QED) is 0.844. The maximum Gasteiger partial charge on any atom is 0.246 e. The highest BCUT2D eigenvalue weighted by Gasteiger charge is 2.48. The zero-order valence-corrected chi connectivity index (χ0v) is 13.3. The summed E-state index contributed by atoms with van der Waals surface area (Å²) in [6, 6.07) is 0.169. The number of likely N-dealkylation sites (tertiary alicyclic amines) is 1. The molecular weight excluding hydrogens is 266 g/mol. The molecule has 1 aliphatic carbocycles. The van der Waals surface area contributed by atoms with Crippen LogP contribution in [0.25, 0.3) is 0 Å². The van der Waals surface area contributed by atoms with Crippen LogP contribution in [-0.2, 0) is 9.59 Å². The standard InChI is InChI=1S/C16H27N3O2/c1-4-13-15(20)17-14(11-5-6-11)16(21)19(13)12-7-8-18(3)10(2)9-12/h10-14H,4-9H2,1-3H3,(H,17,20). The normalized spacial score (nSPS) is 38.5. The van der Waals surface area contributed by atoms with E-state index in [-0.39, 0.29) is 29.9 Å². The molecule has 4 unspecified atom stereocenters. The summed E-state index contributed by atoms with van der Waals surface area (Å²) in [5.74, 6) is 0.608. The Hall–Kier alpha value is -1.10. The van der Waals surface area contributed by atoms with Crippen molar-refractivity contribution in [2.45, 2.75) is 70.1 Å². The molecule has 3 aliphatic rings. The molecule has 3 rings (SSSR count). The van der Waals surface area contributed by atoms with Crippen LogP contribution in [-0.4, -0.2) is 59.4 Å². The lowest BCUT2D eigenvalue weighted by Gasteiger charge is -2.47. The Labute approximate surface area is 127 Å². The zero-order valence-electron chi connectivity index (χ0n) is 13.3. The molecule has 4 atom stereocenters. The SMILES string of the molecule is CCC1C(=O)NC(C2CC2)C(=O)N1C1CCN(C)C(C)C1. The van der Waals surface area contributed by atoms with E-state index >= 15 is 0 Å². The third-order valence-corrected chi connectivity index (χ3v) is 5.51. The second-order valence-electron chi connectivity index (χ2n) is 7.00. The van der Waals surface area contributed by atoms with Gasteiger partial charge >= 0.3 is 0 Å². The smallest absolute Gasteiger partial charge is 0.246 e. The molecule has 0 spiro atoms. The molecule has 0 bridgehead atoms. The molecule has 3 fully saturated rings. The fourth-order valence-electron chi connectivity index (χ4n) is 3.83. The number of carbonyl (C=O) groups is 2. The van der Waals surface area contributed by atoms with Crippen molar-refractivity contribution < 1.29 is 9.59 Å². The maximum absolute atomic E-state index is 12.9. The van der Waals surface area contributed by atoms with Gasteiger partial charge in [-0.3, -0.25) is 9.59 Å². The summed E-state index contributed by atoms with van der Waals surface area (Å²) in [7, 11) is 2.13. The number of nitrogens with one attached hydrogen (secondary N) is 1. The first-order valence-corrected chi connectivity index (χ1v) is 8.35. The highest BCUT2D eigenvalue weighted by molar-refractivity contribution is 5.97. The number of piperazine rings is 1. The predicted octanol–water partition coefficient (Wildman–Crippen LogP) is 0.985. The minimum Gasteiger partial charge on any atom is -0.342 e. The van der Waals surface area contributed by atoms with Crippen LogP contribution >= 0.6 is 0 Å². The summed E-state index contributed by atoms with van der Waals surface area (Å²) in [6.07, 6.45) is 4.81. The summed E-state index contributed by atoms with van der Waals surface area (Å²) in [5.41, 5.74) is 0. The van der Waals surface area contributed by atoms with Gasteiger partial charge < -0.3 is 15.1 Å². The Kier molecular flexibility index (Phi) is 3.95. The first kappa shape index (κ1) is 14.8. The van der Waals surface area contributed by atoms with Crippen LogP contribution in [0.5, 0.6) is 0 Å². The van der Waals surface area contributed by atoms with E-state index in [1.807, 2.05) is 11.8 Å². The Balaban J connectivity index is 1.81. The molecule has 0 aromatic rings. The van der Waals surface area contributed by atoms with Crippen molar-refractivity contribution in [1.82, 2.24) is 15.1 Å². The number of piperidine rings is 1. The van der Waals surface area contributed by atoms with Crippen LogP contribution in [0.3, 0.4) is 0 Å². The van der Waals surface area contributed by atoms with Gasteiger partial charge in [0.2, 0.25) is 11.8 Å². The minimum atomic E-state index is -0.270. The third-order valence-electron chi connectivity index (χ3n) is 5.51. The van der Waals surface area contributed by atoms with Gasteiger partial charge in [0.05, 0.1) is 0 Å². The van der Waals surface area contributed by atoms with E-state index < -0.39 is 0 Å². The van der Waals surface area contributed by atoms with Crippen molar-refractivity contribution in [3.8, 4) is 0 Å². The van der Waals surface area contributed by atoms with Gasteiger partial charge in [-0.05, 0) is 52.0 Å². The van der Waals surface area contributed by atoms with Crippen LogP contribution < -0.4 is 5.32 Å². The molecule has 1 N–H and O–H groups in total. The van der Waals surface area contributed by atoms with E-state index in [0.717, 1.165) is 32.2 Å². The lowest BCUT2D eigenvalue weighted by atomic mass is 9.92. The molecule has 2 amide bonds. The highest BCUT2D eigenvalue weighted by atomic mass is 16.2. The summed E-state index contributed by atoms with van der Waals surface area (Å²) in [4.78, 5) is 29.6. The van der Waals surface area contributed by atoms with Gasteiger partial charge in [0.1, 0.15) is 12.1 Å². The van der Waals surface area contributed by atoms with Crippen molar-refractivity contribution in [3.63, 3.8) is 0 Å².